The van der Waals surface area contributed by atoms with E-state index in [1.807, 2.05) is 24.3 Å². The molecule has 31 heavy (non-hydrogen) atoms. The van der Waals surface area contributed by atoms with E-state index in [-0.39, 0.29) is 18.1 Å². The molecule has 2 atom stereocenters. The lowest BCUT2D eigenvalue weighted by Gasteiger charge is -2.22. The summed E-state index contributed by atoms with van der Waals surface area (Å²) in [6.45, 7) is 2.98. The smallest absolute Gasteiger partial charge is 0.161 e. The van der Waals surface area contributed by atoms with Crippen LogP contribution in [0.25, 0.3) is 0 Å². The topological polar surface area (TPSA) is 93.6 Å². The summed E-state index contributed by atoms with van der Waals surface area (Å²) in [5.41, 5.74) is 1.32. The van der Waals surface area contributed by atoms with Gasteiger partial charge in [0.2, 0.25) is 0 Å². The van der Waals surface area contributed by atoms with Crippen molar-refractivity contribution < 1.29 is 33.8 Å². The van der Waals surface area contributed by atoms with Crippen molar-refractivity contribution in [3.63, 3.8) is 0 Å². The van der Waals surface area contributed by atoms with E-state index in [0.717, 1.165) is 16.2 Å². The van der Waals surface area contributed by atoms with Crippen molar-refractivity contribution in [2.75, 3.05) is 20.3 Å². The number of carbonyl (C=O) groups is 1. The Bertz CT molecular complexity index is 985. The van der Waals surface area contributed by atoms with Crippen molar-refractivity contribution in [2.45, 2.75) is 26.1 Å². The molecule has 7 nitrogen and oxygen atoms in total. The van der Waals surface area contributed by atoms with Gasteiger partial charge >= 0.3 is 0 Å². The number of quaternary nitrogens is 1. The van der Waals surface area contributed by atoms with Crippen LogP contribution in [0.1, 0.15) is 28.6 Å². The zero-order valence-corrected chi connectivity index (χ0v) is 17.7. The van der Waals surface area contributed by atoms with Crippen molar-refractivity contribution in [2.24, 2.45) is 0 Å². The number of hydrogen-bond acceptors (Lipinski definition) is 6. The van der Waals surface area contributed by atoms with Gasteiger partial charge < -0.3 is 29.0 Å². The van der Waals surface area contributed by atoms with Crippen LogP contribution in [-0.2, 0) is 13.1 Å². The Morgan fingerprint density at radius 1 is 1.10 bits per heavy atom. The highest BCUT2D eigenvalue weighted by molar-refractivity contribution is 5.94. The standard InChI is InChI=1S/C24H27NO6/c1-17(26)18-9-10-23(24(12-18)29-2)31-16-20(27)14-25(15-21-7-5-11-30-21)13-19-6-3-4-8-22(19)28/h3-12,20,27-28H,13-16H2,1-2H3/p+1/t20-/m1/s1. The van der Waals surface area contributed by atoms with Gasteiger partial charge in [-0.05, 0) is 49.4 Å². The van der Waals surface area contributed by atoms with Gasteiger partial charge in [-0.3, -0.25) is 4.79 Å². The molecule has 3 aromatic rings. The molecular weight excluding hydrogens is 398 g/mol. The molecule has 0 aliphatic heterocycles. The SMILES string of the molecule is COc1cc(C(C)=O)ccc1OC[C@H](O)C[NH+](Cc1ccco1)Cc1ccccc1O. The molecule has 1 heterocycles. The average Bonchev–Trinajstić information content (AvgIpc) is 3.26. The van der Waals surface area contributed by atoms with Gasteiger partial charge in [-0.2, -0.15) is 0 Å². The molecule has 3 rings (SSSR count). The number of rotatable bonds is 11. The van der Waals surface area contributed by atoms with E-state index < -0.39 is 6.10 Å². The summed E-state index contributed by atoms with van der Waals surface area (Å²) >= 11 is 0. The fraction of sp³-hybridized carbons (Fsp3) is 0.292. The summed E-state index contributed by atoms with van der Waals surface area (Å²) in [7, 11) is 1.50. The lowest BCUT2D eigenvalue weighted by molar-refractivity contribution is -0.931. The largest absolute Gasteiger partial charge is 0.507 e. The number of aromatic hydroxyl groups is 1. The number of ketones is 1. The first-order valence-corrected chi connectivity index (χ1v) is 10.1. The zero-order valence-electron chi connectivity index (χ0n) is 17.7. The van der Waals surface area contributed by atoms with E-state index in [9.17, 15) is 15.0 Å². The van der Waals surface area contributed by atoms with Crippen molar-refractivity contribution in [1.29, 1.82) is 0 Å². The van der Waals surface area contributed by atoms with E-state index >= 15 is 0 Å². The maximum Gasteiger partial charge on any atom is 0.161 e. The second kappa shape index (κ2) is 10.7. The molecule has 0 radical (unpaired) electrons. The number of phenols is 1. The van der Waals surface area contributed by atoms with E-state index in [2.05, 4.69) is 0 Å². The normalized spacial score (nSPS) is 12.9. The molecule has 2 aromatic carbocycles. The van der Waals surface area contributed by atoms with Gasteiger partial charge in [-0.25, -0.2) is 0 Å². The molecule has 0 saturated carbocycles. The van der Waals surface area contributed by atoms with Gasteiger partial charge in [0.05, 0.1) is 13.4 Å². The number of nitrogens with one attached hydrogen (secondary N) is 1. The van der Waals surface area contributed by atoms with Crippen LogP contribution in [0.5, 0.6) is 17.2 Å². The number of aliphatic hydroxyl groups excluding tert-OH is 1. The number of ether oxygens (including phenoxy) is 2. The summed E-state index contributed by atoms with van der Waals surface area (Å²) in [6.07, 6.45) is 0.844. The van der Waals surface area contributed by atoms with Gasteiger partial charge in [-0.15, -0.1) is 0 Å². The third kappa shape index (κ3) is 6.34. The number of aliphatic hydroxyl groups is 1. The summed E-state index contributed by atoms with van der Waals surface area (Å²) in [5.74, 6) is 1.85. The van der Waals surface area contributed by atoms with Gasteiger partial charge in [0.1, 0.15) is 38.1 Å². The van der Waals surface area contributed by atoms with Crippen molar-refractivity contribution in [3.8, 4) is 17.2 Å². The van der Waals surface area contributed by atoms with Crippen molar-refractivity contribution in [3.05, 3.63) is 77.7 Å². The molecule has 3 N–H and O–H groups in total. The van der Waals surface area contributed by atoms with Crippen LogP contribution in [0, 0.1) is 0 Å². The summed E-state index contributed by atoms with van der Waals surface area (Å²) < 4.78 is 16.5. The molecule has 0 spiro atoms. The molecule has 0 fully saturated rings. The second-order valence-corrected chi connectivity index (χ2v) is 7.40. The highest BCUT2D eigenvalue weighted by atomic mass is 16.5. The Morgan fingerprint density at radius 3 is 2.58 bits per heavy atom. The van der Waals surface area contributed by atoms with Gasteiger partial charge in [0.25, 0.3) is 0 Å². The molecule has 1 aromatic heterocycles. The Morgan fingerprint density at radius 2 is 1.90 bits per heavy atom. The lowest BCUT2D eigenvalue weighted by atomic mass is 10.1. The Balaban J connectivity index is 1.65. The third-order valence-corrected chi connectivity index (χ3v) is 4.96. The monoisotopic (exact) mass is 426 g/mol. The summed E-state index contributed by atoms with van der Waals surface area (Å²) in [4.78, 5) is 12.6. The Kier molecular flexibility index (Phi) is 7.70. The number of methoxy groups -OCH3 is 1. The van der Waals surface area contributed by atoms with Crippen molar-refractivity contribution in [1.82, 2.24) is 0 Å². The van der Waals surface area contributed by atoms with Gasteiger partial charge in [0.15, 0.2) is 23.0 Å². The molecule has 7 heteroatoms. The van der Waals surface area contributed by atoms with Crippen LogP contribution in [0.15, 0.2) is 65.3 Å². The lowest BCUT2D eigenvalue weighted by Crippen LogP contribution is -3.10. The number of furan rings is 1. The van der Waals surface area contributed by atoms with Crippen LogP contribution in [0.4, 0.5) is 0 Å². The fourth-order valence-corrected chi connectivity index (χ4v) is 3.38. The fourth-order valence-electron chi connectivity index (χ4n) is 3.38. The summed E-state index contributed by atoms with van der Waals surface area (Å²) in [6, 6.07) is 15.8. The number of phenolic OH excluding ortho intramolecular Hbond substituents is 1. The first-order valence-electron chi connectivity index (χ1n) is 10.1. The molecule has 164 valence electrons. The first kappa shape index (κ1) is 22.4. The van der Waals surface area contributed by atoms with Crippen molar-refractivity contribution >= 4 is 5.78 Å². The minimum absolute atomic E-state index is 0.0538. The van der Waals surface area contributed by atoms with Gasteiger partial charge in [-0.1, -0.05) is 12.1 Å². The minimum atomic E-state index is -0.770. The van der Waals surface area contributed by atoms with E-state index in [0.29, 0.717) is 36.7 Å². The molecule has 1 unspecified atom stereocenters. The zero-order chi connectivity index (χ0) is 22.2. The van der Waals surface area contributed by atoms with E-state index in [4.69, 9.17) is 13.9 Å². The second-order valence-electron chi connectivity index (χ2n) is 7.40. The Hall–Kier alpha value is -3.29. The summed E-state index contributed by atoms with van der Waals surface area (Å²) in [5, 5.41) is 20.8. The van der Waals surface area contributed by atoms with Crippen LogP contribution in [-0.4, -0.2) is 42.4 Å². The predicted octanol–water partition coefficient (Wildman–Crippen LogP) is 2.22. The molecule has 0 saturated heterocycles. The quantitative estimate of drug-likeness (QED) is 0.407. The van der Waals surface area contributed by atoms with Crippen LogP contribution in [0.2, 0.25) is 0 Å². The maximum absolute atomic E-state index is 11.6. The molecule has 0 aliphatic rings. The molecular formula is C24H28NO6+. The number of para-hydroxylation sites is 1. The molecule has 0 bridgehead atoms. The minimum Gasteiger partial charge on any atom is -0.507 e. The van der Waals surface area contributed by atoms with Crippen LogP contribution >= 0.6 is 0 Å². The molecule has 0 aliphatic carbocycles. The first-order chi connectivity index (χ1) is 15.0. The maximum atomic E-state index is 11.6. The van der Waals surface area contributed by atoms with Gasteiger partial charge in [0, 0.05) is 11.1 Å². The van der Waals surface area contributed by atoms with Crippen LogP contribution in [0.3, 0.4) is 0 Å². The highest BCUT2D eigenvalue weighted by Gasteiger charge is 2.20. The third-order valence-electron chi connectivity index (χ3n) is 4.96. The number of Topliss-reactive ketones (excluding diaryl/α,β-unsaturated/α-hetero) is 1. The average molecular weight is 426 g/mol. The highest BCUT2D eigenvalue weighted by Crippen LogP contribution is 2.28. The Labute approximate surface area is 181 Å². The van der Waals surface area contributed by atoms with Crippen LogP contribution < -0.4 is 14.4 Å². The number of carbonyl (C=O) groups excluding carboxylic acids is 1. The number of benzene rings is 2. The number of hydrogen-bond donors (Lipinski definition) is 3. The van der Waals surface area contributed by atoms with E-state index in [1.165, 1.54) is 14.0 Å². The van der Waals surface area contributed by atoms with E-state index in [1.54, 1.807) is 36.6 Å². The molecule has 0 amide bonds. The predicted molar refractivity (Wildman–Crippen MR) is 115 cm³/mol.